The van der Waals surface area contributed by atoms with Gasteiger partial charge < -0.3 is 9.57 Å². The minimum absolute atomic E-state index is 0.181. The SMILES string of the molecule is O=C(COc1ccc(Cl)c(Cl)c1)ON1C(=O)c2ccccc2C1=O. The Kier molecular flexibility index (Phi) is 4.42. The zero-order valence-corrected chi connectivity index (χ0v) is 13.5. The van der Waals surface area contributed by atoms with E-state index in [9.17, 15) is 14.4 Å². The summed E-state index contributed by atoms with van der Waals surface area (Å²) in [5, 5.41) is 1.03. The van der Waals surface area contributed by atoms with Gasteiger partial charge in [-0.15, -0.1) is 0 Å². The second kappa shape index (κ2) is 6.51. The van der Waals surface area contributed by atoms with E-state index in [1.54, 1.807) is 12.1 Å². The molecule has 122 valence electrons. The van der Waals surface area contributed by atoms with Crippen molar-refractivity contribution in [1.29, 1.82) is 0 Å². The molecule has 0 atom stereocenters. The maximum absolute atomic E-state index is 12.1. The Morgan fingerprint density at radius 1 is 0.958 bits per heavy atom. The van der Waals surface area contributed by atoms with E-state index in [1.807, 2.05) is 0 Å². The first kappa shape index (κ1) is 16.3. The van der Waals surface area contributed by atoms with Gasteiger partial charge in [-0.2, -0.15) is 0 Å². The first-order valence-corrected chi connectivity index (χ1v) is 7.49. The highest BCUT2D eigenvalue weighted by atomic mass is 35.5. The van der Waals surface area contributed by atoms with E-state index in [4.69, 9.17) is 32.8 Å². The number of fused-ring (bicyclic) bond motifs is 1. The van der Waals surface area contributed by atoms with Crippen LogP contribution in [0.1, 0.15) is 20.7 Å². The average molecular weight is 366 g/mol. The Balaban J connectivity index is 1.63. The summed E-state index contributed by atoms with van der Waals surface area (Å²) in [6.45, 7) is -0.509. The molecule has 0 aliphatic carbocycles. The van der Waals surface area contributed by atoms with E-state index in [1.165, 1.54) is 30.3 Å². The smallest absolute Gasteiger partial charge is 0.370 e. The largest absolute Gasteiger partial charge is 0.482 e. The maximum Gasteiger partial charge on any atom is 0.370 e. The van der Waals surface area contributed by atoms with Crippen molar-refractivity contribution in [1.82, 2.24) is 5.06 Å². The van der Waals surface area contributed by atoms with Gasteiger partial charge in [0.15, 0.2) is 6.61 Å². The van der Waals surface area contributed by atoms with E-state index in [0.717, 1.165) is 0 Å². The van der Waals surface area contributed by atoms with Crippen molar-refractivity contribution in [2.75, 3.05) is 6.61 Å². The molecule has 0 unspecified atom stereocenters. The number of halogens is 2. The van der Waals surface area contributed by atoms with E-state index in [0.29, 0.717) is 15.8 Å². The summed E-state index contributed by atoms with van der Waals surface area (Å²) < 4.78 is 5.19. The van der Waals surface area contributed by atoms with Gasteiger partial charge in [0.25, 0.3) is 11.8 Å². The number of hydroxylamine groups is 2. The number of carbonyl (C=O) groups excluding carboxylic acids is 3. The Bertz CT molecular complexity index is 817. The standard InChI is InChI=1S/C16H9Cl2NO5/c17-12-6-5-9(7-13(12)18)23-8-14(20)24-19-15(21)10-3-1-2-4-11(10)16(19)22/h1-7H,8H2. The lowest BCUT2D eigenvalue weighted by Gasteiger charge is -2.13. The highest BCUT2D eigenvalue weighted by Crippen LogP contribution is 2.26. The molecule has 2 aromatic rings. The first-order chi connectivity index (χ1) is 11.5. The monoisotopic (exact) mass is 365 g/mol. The quantitative estimate of drug-likeness (QED) is 0.778. The molecule has 0 bridgehead atoms. The molecule has 0 fully saturated rings. The van der Waals surface area contributed by atoms with Crippen LogP contribution in [0.3, 0.4) is 0 Å². The van der Waals surface area contributed by atoms with E-state index >= 15 is 0 Å². The molecule has 6 nitrogen and oxygen atoms in total. The summed E-state index contributed by atoms with van der Waals surface area (Å²) >= 11 is 11.6. The lowest BCUT2D eigenvalue weighted by Crippen LogP contribution is -2.34. The summed E-state index contributed by atoms with van der Waals surface area (Å²) in [5.41, 5.74) is 0.362. The van der Waals surface area contributed by atoms with Gasteiger partial charge in [-0.1, -0.05) is 40.4 Å². The van der Waals surface area contributed by atoms with Crippen molar-refractivity contribution in [3.05, 3.63) is 63.6 Å². The summed E-state index contributed by atoms with van der Waals surface area (Å²) in [7, 11) is 0. The number of nitrogens with zero attached hydrogens (tertiary/aromatic N) is 1. The number of benzene rings is 2. The summed E-state index contributed by atoms with van der Waals surface area (Å²) in [4.78, 5) is 40.7. The van der Waals surface area contributed by atoms with Gasteiger partial charge in [0.1, 0.15) is 5.75 Å². The van der Waals surface area contributed by atoms with Gasteiger partial charge in [0.2, 0.25) is 0 Å². The van der Waals surface area contributed by atoms with Crippen LogP contribution in [0.2, 0.25) is 10.0 Å². The van der Waals surface area contributed by atoms with Gasteiger partial charge in [0, 0.05) is 6.07 Å². The molecule has 1 aliphatic heterocycles. The minimum atomic E-state index is -0.907. The number of ether oxygens (including phenoxy) is 1. The third-order valence-corrected chi connectivity index (χ3v) is 3.94. The number of hydrogen-bond acceptors (Lipinski definition) is 5. The molecule has 1 heterocycles. The van der Waals surface area contributed by atoms with Crippen molar-refractivity contribution < 1.29 is 24.0 Å². The highest BCUT2D eigenvalue weighted by molar-refractivity contribution is 6.42. The fourth-order valence-electron chi connectivity index (χ4n) is 2.09. The molecule has 0 saturated carbocycles. The van der Waals surface area contributed by atoms with Crippen LogP contribution in [0.15, 0.2) is 42.5 Å². The van der Waals surface area contributed by atoms with Crippen molar-refractivity contribution in [2.24, 2.45) is 0 Å². The van der Waals surface area contributed by atoms with Crippen LogP contribution in [-0.4, -0.2) is 29.5 Å². The van der Waals surface area contributed by atoms with Crippen LogP contribution in [0.5, 0.6) is 5.75 Å². The molecule has 0 aromatic heterocycles. The molecule has 1 aliphatic rings. The second-order valence-corrected chi connectivity index (χ2v) is 5.59. The van der Waals surface area contributed by atoms with Gasteiger partial charge in [-0.25, -0.2) is 4.79 Å². The Labute approximate surface area is 146 Å². The molecular weight excluding hydrogens is 357 g/mol. The molecule has 2 amide bonds. The first-order valence-electron chi connectivity index (χ1n) is 6.74. The third kappa shape index (κ3) is 3.06. The fourth-order valence-corrected chi connectivity index (χ4v) is 2.38. The van der Waals surface area contributed by atoms with Crippen LogP contribution >= 0.6 is 23.2 Å². The average Bonchev–Trinajstić information content (AvgIpc) is 2.81. The van der Waals surface area contributed by atoms with Gasteiger partial charge in [-0.05, 0) is 24.3 Å². The predicted molar refractivity (Wildman–Crippen MR) is 85.0 cm³/mol. The summed E-state index contributed by atoms with van der Waals surface area (Å²) in [6, 6.07) is 10.6. The van der Waals surface area contributed by atoms with Crippen molar-refractivity contribution in [2.45, 2.75) is 0 Å². The summed E-state index contributed by atoms with van der Waals surface area (Å²) in [5.74, 6) is -2.00. The van der Waals surface area contributed by atoms with E-state index < -0.39 is 24.4 Å². The predicted octanol–water partition coefficient (Wildman–Crippen LogP) is 3.13. The second-order valence-electron chi connectivity index (χ2n) is 4.78. The molecule has 0 saturated heterocycles. The number of carbonyl (C=O) groups is 3. The third-order valence-electron chi connectivity index (χ3n) is 3.20. The Hall–Kier alpha value is -2.57. The van der Waals surface area contributed by atoms with Crippen LogP contribution in [-0.2, 0) is 9.63 Å². The van der Waals surface area contributed by atoms with Crippen LogP contribution < -0.4 is 4.74 Å². The Morgan fingerprint density at radius 3 is 2.17 bits per heavy atom. The molecule has 2 aromatic carbocycles. The molecule has 0 radical (unpaired) electrons. The molecular formula is C16H9Cl2NO5. The topological polar surface area (TPSA) is 72.9 Å². The lowest BCUT2D eigenvalue weighted by atomic mass is 10.1. The van der Waals surface area contributed by atoms with Gasteiger partial charge in [-0.3, -0.25) is 9.59 Å². The summed E-state index contributed by atoms with van der Waals surface area (Å²) in [6.07, 6.45) is 0. The van der Waals surface area contributed by atoms with E-state index in [2.05, 4.69) is 0 Å². The number of rotatable bonds is 4. The van der Waals surface area contributed by atoms with E-state index in [-0.39, 0.29) is 16.1 Å². The lowest BCUT2D eigenvalue weighted by molar-refractivity contribution is -0.170. The number of amides is 2. The molecule has 24 heavy (non-hydrogen) atoms. The molecule has 3 rings (SSSR count). The van der Waals surface area contributed by atoms with Gasteiger partial charge >= 0.3 is 5.97 Å². The maximum atomic E-state index is 12.1. The van der Waals surface area contributed by atoms with Crippen LogP contribution in [0.4, 0.5) is 0 Å². The zero-order valence-electron chi connectivity index (χ0n) is 12.0. The fraction of sp³-hybridized carbons (Fsp3) is 0.0625. The molecule has 0 N–H and O–H groups in total. The molecule has 0 spiro atoms. The van der Waals surface area contributed by atoms with Crippen molar-refractivity contribution in [3.8, 4) is 5.75 Å². The molecule has 8 heteroatoms. The van der Waals surface area contributed by atoms with Crippen LogP contribution in [0, 0.1) is 0 Å². The van der Waals surface area contributed by atoms with Crippen molar-refractivity contribution in [3.63, 3.8) is 0 Å². The zero-order chi connectivity index (χ0) is 17.3. The highest BCUT2D eigenvalue weighted by Gasteiger charge is 2.38. The number of imide groups is 1. The Morgan fingerprint density at radius 2 is 1.58 bits per heavy atom. The number of hydrogen-bond donors (Lipinski definition) is 0. The van der Waals surface area contributed by atoms with Crippen molar-refractivity contribution >= 4 is 41.0 Å². The minimum Gasteiger partial charge on any atom is -0.482 e. The van der Waals surface area contributed by atoms with Crippen LogP contribution in [0.25, 0.3) is 0 Å². The van der Waals surface area contributed by atoms with Gasteiger partial charge in [0.05, 0.1) is 21.2 Å². The normalized spacial score (nSPS) is 13.0.